The highest BCUT2D eigenvalue weighted by Gasteiger charge is 2.20. The second kappa shape index (κ2) is 45.3. The number of hydrogen-bond acceptors (Lipinski definition) is 3. The van der Waals surface area contributed by atoms with Gasteiger partial charge in [-0.2, -0.15) is 0 Å². The van der Waals surface area contributed by atoms with E-state index in [9.17, 15) is 15.0 Å². The molecule has 3 N–H and O–H groups in total. The molecule has 4 heteroatoms. The number of unbranched alkanes of at least 4 members (excludes halogenated alkanes) is 33. The molecule has 0 aliphatic heterocycles. The standard InChI is InChI=1S/C49H95NO3/c1-3-5-7-9-11-13-15-16-17-18-19-20-21-22-23-24-25-26-27-28-29-30-31-32-33-34-35-37-39-41-43-45-49(53)50-47(46-51)48(52)44-42-40-38-36-14-12-10-8-6-4-2/h19-20,22-23,47-48,51-52H,3-18,21,24-46H2,1-2H3,(H,50,53)/b20-19-,23-22-. The minimum absolute atomic E-state index is 0.0309. The Morgan fingerprint density at radius 3 is 1.13 bits per heavy atom. The lowest BCUT2D eigenvalue weighted by Crippen LogP contribution is -2.45. The molecular weight excluding hydrogens is 651 g/mol. The minimum Gasteiger partial charge on any atom is -0.394 e. The molecular formula is C49H95NO3. The van der Waals surface area contributed by atoms with E-state index in [0.717, 1.165) is 32.1 Å². The van der Waals surface area contributed by atoms with Crippen LogP contribution >= 0.6 is 0 Å². The Labute approximate surface area is 332 Å². The Kier molecular flexibility index (Phi) is 44.3. The molecule has 0 aromatic rings. The van der Waals surface area contributed by atoms with Crippen molar-refractivity contribution in [2.24, 2.45) is 0 Å². The molecule has 0 radical (unpaired) electrons. The first-order valence-electron chi connectivity index (χ1n) is 24.0. The zero-order valence-electron chi connectivity index (χ0n) is 36.1. The zero-order chi connectivity index (χ0) is 38.6. The maximum absolute atomic E-state index is 12.4. The van der Waals surface area contributed by atoms with E-state index in [2.05, 4.69) is 43.5 Å². The molecule has 314 valence electrons. The summed E-state index contributed by atoms with van der Waals surface area (Å²) in [5.41, 5.74) is 0. The van der Waals surface area contributed by atoms with Crippen LogP contribution in [0, 0.1) is 0 Å². The van der Waals surface area contributed by atoms with Gasteiger partial charge in [-0.15, -0.1) is 0 Å². The molecule has 0 fully saturated rings. The highest BCUT2D eigenvalue weighted by molar-refractivity contribution is 5.76. The fourth-order valence-corrected chi connectivity index (χ4v) is 7.51. The van der Waals surface area contributed by atoms with E-state index in [0.29, 0.717) is 12.8 Å². The van der Waals surface area contributed by atoms with Gasteiger partial charge in [-0.25, -0.2) is 0 Å². The first kappa shape index (κ1) is 51.9. The molecule has 1 amide bonds. The van der Waals surface area contributed by atoms with Gasteiger partial charge in [-0.1, -0.05) is 237 Å². The van der Waals surface area contributed by atoms with Crippen LogP contribution in [0.4, 0.5) is 0 Å². The normalized spacial score (nSPS) is 13.1. The molecule has 2 unspecified atom stereocenters. The van der Waals surface area contributed by atoms with Crippen molar-refractivity contribution >= 4 is 5.91 Å². The summed E-state index contributed by atoms with van der Waals surface area (Å²) in [5.74, 6) is -0.0309. The SMILES string of the molecule is CCCCCCCCCCC/C=C\C/C=C\CCCCCCCCCCCCCCCCCC(=O)NC(CO)C(O)CCCCCCCCCCCC. The first-order chi connectivity index (χ1) is 26.2. The van der Waals surface area contributed by atoms with Gasteiger partial charge in [-0.05, 0) is 44.9 Å². The van der Waals surface area contributed by atoms with Crippen molar-refractivity contribution in [1.82, 2.24) is 5.32 Å². The predicted molar refractivity (Wildman–Crippen MR) is 235 cm³/mol. The van der Waals surface area contributed by atoms with Gasteiger partial charge in [0.1, 0.15) is 0 Å². The van der Waals surface area contributed by atoms with Crippen LogP contribution in [-0.2, 0) is 4.79 Å². The molecule has 53 heavy (non-hydrogen) atoms. The van der Waals surface area contributed by atoms with E-state index >= 15 is 0 Å². The summed E-state index contributed by atoms with van der Waals surface area (Å²) >= 11 is 0. The number of nitrogens with one attached hydrogen (secondary N) is 1. The molecule has 2 atom stereocenters. The summed E-state index contributed by atoms with van der Waals surface area (Å²) in [5, 5.41) is 23.1. The largest absolute Gasteiger partial charge is 0.394 e. The molecule has 0 aromatic heterocycles. The summed E-state index contributed by atoms with van der Waals surface area (Å²) in [4.78, 5) is 12.4. The molecule has 0 bridgehead atoms. The third-order valence-corrected chi connectivity index (χ3v) is 11.2. The smallest absolute Gasteiger partial charge is 0.220 e. The molecule has 0 saturated carbocycles. The van der Waals surface area contributed by atoms with E-state index in [4.69, 9.17) is 0 Å². The van der Waals surface area contributed by atoms with Gasteiger partial charge in [0.25, 0.3) is 0 Å². The van der Waals surface area contributed by atoms with Crippen molar-refractivity contribution < 1.29 is 15.0 Å². The van der Waals surface area contributed by atoms with Crippen LogP contribution in [0.1, 0.15) is 264 Å². The lowest BCUT2D eigenvalue weighted by Gasteiger charge is -2.22. The number of aliphatic hydroxyl groups is 2. The third-order valence-electron chi connectivity index (χ3n) is 11.2. The zero-order valence-corrected chi connectivity index (χ0v) is 36.1. The van der Waals surface area contributed by atoms with E-state index in [-0.39, 0.29) is 12.5 Å². The number of hydrogen-bond donors (Lipinski definition) is 3. The quantitative estimate of drug-likeness (QED) is 0.0430. The van der Waals surface area contributed by atoms with Gasteiger partial charge in [0.2, 0.25) is 5.91 Å². The predicted octanol–water partition coefficient (Wildman–Crippen LogP) is 15.2. The minimum atomic E-state index is -0.655. The second-order valence-corrected chi connectivity index (χ2v) is 16.5. The third kappa shape index (κ3) is 41.9. The maximum atomic E-state index is 12.4. The Bertz CT molecular complexity index is 765. The summed E-state index contributed by atoms with van der Waals surface area (Å²) in [6, 6.07) is -0.532. The highest BCUT2D eigenvalue weighted by atomic mass is 16.3. The van der Waals surface area contributed by atoms with Crippen molar-refractivity contribution in [3.8, 4) is 0 Å². The molecule has 0 saturated heterocycles. The summed E-state index contributed by atoms with van der Waals surface area (Å²) in [6.45, 7) is 4.35. The molecule has 4 nitrogen and oxygen atoms in total. The average molecular weight is 746 g/mol. The fourth-order valence-electron chi connectivity index (χ4n) is 7.51. The number of allylic oxidation sites excluding steroid dienone is 4. The average Bonchev–Trinajstić information content (AvgIpc) is 3.16. The summed E-state index contributed by atoms with van der Waals surface area (Å²) in [6.07, 6.45) is 58.6. The highest BCUT2D eigenvalue weighted by Crippen LogP contribution is 2.16. The topological polar surface area (TPSA) is 69.6 Å². The molecule has 0 aromatic carbocycles. The maximum Gasteiger partial charge on any atom is 0.220 e. The Balaban J connectivity index is 3.41. The number of rotatable bonds is 44. The lowest BCUT2D eigenvalue weighted by atomic mass is 10.0. The van der Waals surface area contributed by atoms with Crippen LogP contribution in [0.15, 0.2) is 24.3 Å². The summed E-state index contributed by atoms with van der Waals surface area (Å²) in [7, 11) is 0. The van der Waals surface area contributed by atoms with Crippen molar-refractivity contribution in [3.63, 3.8) is 0 Å². The van der Waals surface area contributed by atoms with Crippen LogP contribution in [0.25, 0.3) is 0 Å². The van der Waals surface area contributed by atoms with E-state index in [1.165, 1.54) is 205 Å². The first-order valence-corrected chi connectivity index (χ1v) is 24.0. The van der Waals surface area contributed by atoms with Crippen molar-refractivity contribution in [2.45, 2.75) is 276 Å². The molecule has 0 rings (SSSR count). The number of amides is 1. The van der Waals surface area contributed by atoms with Crippen LogP contribution in [0.2, 0.25) is 0 Å². The fraction of sp³-hybridized carbons (Fsp3) is 0.898. The van der Waals surface area contributed by atoms with E-state index in [1.807, 2.05) is 0 Å². The van der Waals surface area contributed by atoms with Crippen molar-refractivity contribution in [2.75, 3.05) is 6.61 Å². The molecule has 0 heterocycles. The molecule has 0 aliphatic rings. The van der Waals surface area contributed by atoms with Gasteiger partial charge in [0, 0.05) is 6.42 Å². The summed E-state index contributed by atoms with van der Waals surface area (Å²) < 4.78 is 0. The second-order valence-electron chi connectivity index (χ2n) is 16.5. The monoisotopic (exact) mass is 746 g/mol. The number of aliphatic hydroxyl groups excluding tert-OH is 2. The number of carbonyl (C=O) groups excluding carboxylic acids is 1. The van der Waals surface area contributed by atoms with Gasteiger partial charge < -0.3 is 15.5 Å². The van der Waals surface area contributed by atoms with Crippen LogP contribution in [-0.4, -0.2) is 34.9 Å². The van der Waals surface area contributed by atoms with Crippen molar-refractivity contribution in [3.05, 3.63) is 24.3 Å². The molecule has 0 spiro atoms. The van der Waals surface area contributed by atoms with E-state index < -0.39 is 12.1 Å². The van der Waals surface area contributed by atoms with Crippen molar-refractivity contribution in [1.29, 1.82) is 0 Å². The van der Waals surface area contributed by atoms with Gasteiger partial charge >= 0.3 is 0 Å². The number of carbonyl (C=O) groups is 1. The Hall–Kier alpha value is -1.13. The van der Waals surface area contributed by atoms with Gasteiger partial charge in [0.15, 0.2) is 0 Å². The Morgan fingerprint density at radius 2 is 0.774 bits per heavy atom. The molecule has 0 aliphatic carbocycles. The Morgan fingerprint density at radius 1 is 0.453 bits per heavy atom. The van der Waals surface area contributed by atoms with Gasteiger partial charge in [0.05, 0.1) is 18.8 Å². The van der Waals surface area contributed by atoms with Crippen LogP contribution in [0.5, 0.6) is 0 Å². The van der Waals surface area contributed by atoms with E-state index in [1.54, 1.807) is 0 Å². The van der Waals surface area contributed by atoms with Crippen LogP contribution in [0.3, 0.4) is 0 Å². The van der Waals surface area contributed by atoms with Gasteiger partial charge in [-0.3, -0.25) is 4.79 Å². The van der Waals surface area contributed by atoms with Crippen LogP contribution < -0.4 is 5.32 Å². The lowest BCUT2D eigenvalue weighted by molar-refractivity contribution is -0.123.